The number of methoxy groups -OCH3 is 1. The average molecular weight is 468 g/mol. The molecule has 0 atom stereocenters. The molecule has 0 radical (unpaired) electrons. The number of pyridine rings is 1. The average Bonchev–Trinajstić information content (AvgIpc) is 2.73. The van der Waals surface area contributed by atoms with Crippen LogP contribution in [0.3, 0.4) is 0 Å². The van der Waals surface area contributed by atoms with Gasteiger partial charge in [0.25, 0.3) is 5.56 Å². The van der Waals surface area contributed by atoms with Gasteiger partial charge in [-0.25, -0.2) is 14.3 Å². The second kappa shape index (κ2) is 9.33. The van der Waals surface area contributed by atoms with Crippen LogP contribution in [0, 0.1) is 0 Å². The first-order chi connectivity index (χ1) is 14.7. The third kappa shape index (κ3) is 4.44. The van der Waals surface area contributed by atoms with E-state index in [0.717, 1.165) is 0 Å². The Morgan fingerprint density at radius 2 is 1.68 bits per heavy atom. The van der Waals surface area contributed by atoms with E-state index in [1.54, 1.807) is 7.11 Å². The maximum absolute atomic E-state index is 13.2. The van der Waals surface area contributed by atoms with Gasteiger partial charge in [0.2, 0.25) is 0 Å². The minimum absolute atomic E-state index is 0.104. The Kier molecular flexibility index (Phi) is 6.98. The number of halogens is 2. The fourth-order valence-electron chi connectivity index (χ4n) is 3.12. The quantitative estimate of drug-likeness (QED) is 0.491. The Morgan fingerprint density at radius 3 is 2.23 bits per heavy atom. The highest BCUT2D eigenvalue weighted by atomic mass is 35.5. The summed E-state index contributed by atoms with van der Waals surface area (Å²) in [6.45, 7) is 8.39. The van der Waals surface area contributed by atoms with Gasteiger partial charge in [0.1, 0.15) is 6.61 Å². The first-order valence-corrected chi connectivity index (χ1v) is 10.4. The molecule has 31 heavy (non-hydrogen) atoms. The highest BCUT2D eigenvalue weighted by molar-refractivity contribution is 6.31. The van der Waals surface area contributed by atoms with Crippen molar-refractivity contribution >= 4 is 34.4 Å². The number of aromatic nitrogens is 5. The molecule has 3 heterocycles. The molecule has 0 saturated carbocycles. The van der Waals surface area contributed by atoms with Crippen LogP contribution in [0.1, 0.15) is 50.9 Å². The molecule has 0 N–H and O–H groups in total. The molecular formula is C20H23Cl2N5O4. The summed E-state index contributed by atoms with van der Waals surface area (Å²) in [5.41, 5.74) is 0.184. The van der Waals surface area contributed by atoms with E-state index in [1.807, 2.05) is 27.7 Å². The Bertz CT molecular complexity index is 1210. The number of rotatable bonds is 7. The molecule has 11 heteroatoms. The zero-order valence-corrected chi connectivity index (χ0v) is 19.4. The number of nitrogens with zero attached hydrogens (tertiary/aromatic N) is 5. The summed E-state index contributed by atoms with van der Waals surface area (Å²) in [6.07, 6.45) is 1.37. The lowest BCUT2D eigenvalue weighted by Crippen LogP contribution is -2.36. The first-order valence-electron chi connectivity index (χ1n) is 9.70. The van der Waals surface area contributed by atoms with Gasteiger partial charge in [-0.2, -0.15) is 14.1 Å². The lowest BCUT2D eigenvalue weighted by molar-refractivity contribution is 0.140. The largest absolute Gasteiger partial charge is 0.461 e. The molecule has 0 amide bonds. The van der Waals surface area contributed by atoms with Crippen molar-refractivity contribution in [3.05, 3.63) is 49.5 Å². The van der Waals surface area contributed by atoms with Crippen LogP contribution in [0.5, 0.6) is 6.01 Å². The Labute approximate surface area is 188 Å². The highest BCUT2D eigenvalue weighted by Gasteiger charge is 2.26. The monoisotopic (exact) mass is 467 g/mol. The summed E-state index contributed by atoms with van der Waals surface area (Å²) in [5.74, 6) is -0.213. The van der Waals surface area contributed by atoms with Crippen LogP contribution in [0.4, 0.5) is 0 Å². The van der Waals surface area contributed by atoms with E-state index in [2.05, 4.69) is 15.0 Å². The van der Waals surface area contributed by atoms with Crippen molar-refractivity contribution < 1.29 is 9.47 Å². The minimum atomic E-state index is -0.769. The molecule has 9 nitrogen and oxygen atoms in total. The molecule has 3 rings (SSSR count). The van der Waals surface area contributed by atoms with Crippen LogP contribution in [-0.4, -0.2) is 43.9 Å². The van der Waals surface area contributed by atoms with Gasteiger partial charge in [-0.3, -0.25) is 4.79 Å². The van der Waals surface area contributed by atoms with Gasteiger partial charge in [0.05, 0.1) is 34.1 Å². The third-order valence-electron chi connectivity index (χ3n) is 4.57. The summed E-state index contributed by atoms with van der Waals surface area (Å²) in [5, 5.41) is 0.352. The second-order valence-corrected chi connectivity index (χ2v) is 8.28. The fraction of sp³-hybridized carbons (Fsp3) is 0.450. The maximum Gasteiger partial charge on any atom is 0.352 e. The second-order valence-electron chi connectivity index (χ2n) is 7.50. The van der Waals surface area contributed by atoms with Crippen LogP contribution >= 0.6 is 23.4 Å². The van der Waals surface area contributed by atoms with Crippen molar-refractivity contribution in [1.29, 1.82) is 0 Å². The molecule has 0 aliphatic rings. The molecular weight excluding hydrogens is 445 g/mol. The topological polar surface area (TPSA) is 101 Å². The zero-order valence-electron chi connectivity index (χ0n) is 17.8. The van der Waals surface area contributed by atoms with Crippen molar-refractivity contribution in [2.24, 2.45) is 0 Å². The molecule has 0 aliphatic carbocycles. The molecule has 3 aromatic rings. The Balaban J connectivity index is 2.43. The zero-order chi connectivity index (χ0) is 22.9. The van der Waals surface area contributed by atoms with E-state index in [1.165, 1.54) is 16.8 Å². The van der Waals surface area contributed by atoms with E-state index >= 15 is 0 Å². The summed E-state index contributed by atoms with van der Waals surface area (Å²) in [6, 6.07) is 1.61. The van der Waals surface area contributed by atoms with Gasteiger partial charge in [-0.15, -0.1) is 0 Å². The van der Waals surface area contributed by atoms with E-state index in [0.29, 0.717) is 27.8 Å². The smallest absolute Gasteiger partial charge is 0.352 e. The lowest BCUT2D eigenvalue weighted by Gasteiger charge is -2.21. The predicted molar refractivity (Wildman–Crippen MR) is 119 cm³/mol. The standard InChI is InChI=1S/C20H23Cl2N5O4/c1-10(2)14-16(15(11(3)4)25-19(24-14)31-7-6-30-5)26-17-13(8-12(21)9-23-17)18(28)27(22)20(26)29/h8-11H,6-7H2,1-5H3. The van der Waals surface area contributed by atoms with Gasteiger partial charge in [-0.1, -0.05) is 39.3 Å². The van der Waals surface area contributed by atoms with Gasteiger partial charge in [0.15, 0.2) is 5.65 Å². The molecule has 166 valence electrons. The van der Waals surface area contributed by atoms with Crippen molar-refractivity contribution in [3.8, 4) is 11.7 Å². The summed E-state index contributed by atoms with van der Waals surface area (Å²) in [4.78, 5) is 39.1. The van der Waals surface area contributed by atoms with E-state index in [9.17, 15) is 9.59 Å². The predicted octanol–water partition coefficient (Wildman–Crippen LogP) is 3.26. The lowest BCUT2D eigenvalue weighted by atomic mass is 10.0. The van der Waals surface area contributed by atoms with Gasteiger partial charge in [-0.05, 0) is 17.9 Å². The molecule has 0 aromatic carbocycles. The third-order valence-corrected chi connectivity index (χ3v) is 5.07. The highest BCUT2D eigenvalue weighted by Crippen LogP contribution is 2.31. The Morgan fingerprint density at radius 1 is 1.06 bits per heavy atom. The van der Waals surface area contributed by atoms with Crippen LogP contribution in [-0.2, 0) is 4.74 Å². The molecule has 0 saturated heterocycles. The van der Waals surface area contributed by atoms with Crippen molar-refractivity contribution in [1.82, 2.24) is 23.6 Å². The van der Waals surface area contributed by atoms with Crippen LogP contribution in [0.2, 0.25) is 5.02 Å². The molecule has 0 bridgehead atoms. The number of hydrogen-bond acceptors (Lipinski definition) is 7. The van der Waals surface area contributed by atoms with Crippen molar-refractivity contribution in [3.63, 3.8) is 0 Å². The van der Waals surface area contributed by atoms with E-state index in [-0.39, 0.29) is 40.5 Å². The summed E-state index contributed by atoms with van der Waals surface area (Å²) in [7, 11) is 1.57. The van der Waals surface area contributed by atoms with Crippen LogP contribution in [0.25, 0.3) is 16.7 Å². The van der Waals surface area contributed by atoms with Crippen molar-refractivity contribution in [2.75, 3.05) is 20.3 Å². The van der Waals surface area contributed by atoms with Gasteiger partial charge < -0.3 is 9.47 Å². The molecule has 0 unspecified atom stereocenters. The summed E-state index contributed by atoms with van der Waals surface area (Å²) >= 11 is 12.1. The Hall–Kier alpha value is -2.49. The number of fused-ring (bicyclic) bond motifs is 1. The van der Waals surface area contributed by atoms with Crippen LogP contribution < -0.4 is 16.0 Å². The van der Waals surface area contributed by atoms with Gasteiger partial charge in [0, 0.05) is 25.1 Å². The van der Waals surface area contributed by atoms with E-state index in [4.69, 9.17) is 32.9 Å². The normalized spacial score (nSPS) is 11.6. The van der Waals surface area contributed by atoms with Crippen molar-refractivity contribution in [2.45, 2.75) is 39.5 Å². The van der Waals surface area contributed by atoms with Gasteiger partial charge >= 0.3 is 11.7 Å². The molecule has 0 fully saturated rings. The number of ether oxygens (including phenoxy) is 2. The number of hydrogen-bond donors (Lipinski definition) is 0. The fourth-order valence-corrected chi connectivity index (χ4v) is 3.45. The van der Waals surface area contributed by atoms with E-state index < -0.39 is 11.2 Å². The van der Waals surface area contributed by atoms with Crippen LogP contribution in [0.15, 0.2) is 21.9 Å². The molecule has 0 spiro atoms. The SMILES string of the molecule is COCCOc1nc(C(C)C)c(-n2c(=O)n(Cl)c(=O)c3cc(Cl)cnc32)c(C(C)C)n1. The molecule has 3 aromatic heterocycles. The minimum Gasteiger partial charge on any atom is -0.461 e. The molecule has 0 aliphatic heterocycles. The summed E-state index contributed by atoms with van der Waals surface area (Å²) < 4.78 is 12.4. The first kappa shape index (κ1) is 23.2. The maximum atomic E-state index is 13.2.